The van der Waals surface area contributed by atoms with Crippen LogP contribution in [0.15, 0.2) is 0 Å². The van der Waals surface area contributed by atoms with Gasteiger partial charge in [0.25, 0.3) is 0 Å². The van der Waals surface area contributed by atoms with E-state index in [1.54, 1.807) is 0 Å². The Hall–Kier alpha value is -0.610. The molecule has 1 amide bonds. The molecule has 2 rings (SSSR count). The van der Waals surface area contributed by atoms with Gasteiger partial charge in [-0.25, -0.2) is 0 Å². The van der Waals surface area contributed by atoms with Gasteiger partial charge in [0.1, 0.15) is 0 Å². The summed E-state index contributed by atoms with van der Waals surface area (Å²) >= 11 is 0. The van der Waals surface area contributed by atoms with Crippen LogP contribution in [-0.2, 0) is 4.79 Å². The van der Waals surface area contributed by atoms with Crippen LogP contribution in [0, 0.1) is 11.8 Å². The van der Waals surface area contributed by atoms with Crippen molar-refractivity contribution < 1.29 is 9.90 Å². The molecule has 0 aromatic carbocycles. The molecule has 1 aliphatic carbocycles. The minimum Gasteiger partial charge on any atom is -0.396 e. The molecule has 104 valence electrons. The van der Waals surface area contributed by atoms with E-state index in [2.05, 4.69) is 17.3 Å². The predicted octanol–water partition coefficient (Wildman–Crippen LogP) is 0.995. The van der Waals surface area contributed by atoms with Gasteiger partial charge in [0.15, 0.2) is 0 Å². The summed E-state index contributed by atoms with van der Waals surface area (Å²) in [6.07, 6.45) is 6.06. The van der Waals surface area contributed by atoms with Crippen LogP contribution in [0.2, 0.25) is 0 Å². The van der Waals surface area contributed by atoms with E-state index in [9.17, 15) is 4.79 Å². The molecule has 1 aliphatic heterocycles. The van der Waals surface area contributed by atoms with Crippen molar-refractivity contribution >= 4 is 5.91 Å². The average molecular weight is 254 g/mol. The third-order valence-electron chi connectivity index (χ3n) is 4.54. The lowest BCUT2D eigenvalue weighted by Crippen LogP contribution is -2.45. The zero-order valence-electron chi connectivity index (χ0n) is 11.4. The molecule has 2 fully saturated rings. The summed E-state index contributed by atoms with van der Waals surface area (Å²) in [5.41, 5.74) is 0. The zero-order chi connectivity index (χ0) is 13.0. The zero-order valence-corrected chi connectivity index (χ0v) is 11.4. The number of aliphatic hydroxyl groups is 1. The summed E-state index contributed by atoms with van der Waals surface area (Å²) < 4.78 is 0. The first-order chi connectivity index (χ1) is 8.69. The predicted molar refractivity (Wildman–Crippen MR) is 71.2 cm³/mol. The molecule has 0 unspecified atom stereocenters. The Morgan fingerprint density at radius 3 is 2.33 bits per heavy atom. The van der Waals surface area contributed by atoms with Gasteiger partial charge in [-0.3, -0.25) is 4.79 Å². The monoisotopic (exact) mass is 254 g/mol. The van der Waals surface area contributed by atoms with Gasteiger partial charge in [-0.15, -0.1) is 0 Å². The number of carbonyl (C=O) groups excluding carboxylic acids is 1. The fourth-order valence-electron chi connectivity index (χ4n) is 3.08. The normalized spacial score (nSPS) is 31.2. The third-order valence-corrected chi connectivity index (χ3v) is 4.54. The van der Waals surface area contributed by atoms with Gasteiger partial charge < -0.3 is 15.3 Å². The summed E-state index contributed by atoms with van der Waals surface area (Å²) in [6.45, 7) is 2.45. The van der Waals surface area contributed by atoms with Gasteiger partial charge in [-0.1, -0.05) is 0 Å². The first-order valence-corrected chi connectivity index (χ1v) is 7.29. The number of likely N-dealkylation sites (tertiary alicyclic amines) is 1. The largest absolute Gasteiger partial charge is 0.396 e. The van der Waals surface area contributed by atoms with E-state index in [0.717, 1.165) is 51.6 Å². The average Bonchev–Trinajstić information content (AvgIpc) is 2.41. The Balaban J connectivity index is 1.72. The Morgan fingerprint density at radius 1 is 1.17 bits per heavy atom. The SMILES string of the molecule is CN1CCC(NC(=O)C2CCC(CO)CC2)CC1. The first kappa shape index (κ1) is 13.8. The van der Waals surface area contributed by atoms with Crippen molar-refractivity contribution in [3.8, 4) is 0 Å². The maximum atomic E-state index is 12.2. The number of amides is 1. The van der Waals surface area contributed by atoms with Crippen molar-refractivity contribution in [2.75, 3.05) is 26.7 Å². The van der Waals surface area contributed by atoms with Crippen LogP contribution >= 0.6 is 0 Å². The van der Waals surface area contributed by atoms with Gasteiger partial charge in [0.05, 0.1) is 0 Å². The van der Waals surface area contributed by atoms with Crippen molar-refractivity contribution in [1.82, 2.24) is 10.2 Å². The van der Waals surface area contributed by atoms with Crippen LogP contribution in [-0.4, -0.2) is 48.7 Å². The highest BCUT2D eigenvalue weighted by molar-refractivity contribution is 5.79. The van der Waals surface area contributed by atoms with E-state index in [4.69, 9.17) is 5.11 Å². The molecule has 0 spiro atoms. The maximum Gasteiger partial charge on any atom is 0.223 e. The molecule has 0 atom stereocenters. The fourth-order valence-corrected chi connectivity index (χ4v) is 3.08. The van der Waals surface area contributed by atoms with E-state index < -0.39 is 0 Å². The van der Waals surface area contributed by atoms with Crippen molar-refractivity contribution in [2.24, 2.45) is 11.8 Å². The number of hydrogen-bond acceptors (Lipinski definition) is 3. The maximum absolute atomic E-state index is 12.2. The molecule has 4 heteroatoms. The summed E-state index contributed by atoms with van der Waals surface area (Å²) in [4.78, 5) is 14.5. The molecule has 2 N–H and O–H groups in total. The summed E-state index contributed by atoms with van der Waals surface area (Å²) in [5.74, 6) is 0.866. The van der Waals surface area contributed by atoms with Crippen molar-refractivity contribution in [1.29, 1.82) is 0 Å². The van der Waals surface area contributed by atoms with Gasteiger partial charge in [-0.2, -0.15) is 0 Å². The smallest absolute Gasteiger partial charge is 0.223 e. The molecule has 0 radical (unpaired) electrons. The first-order valence-electron chi connectivity index (χ1n) is 7.29. The van der Waals surface area contributed by atoms with E-state index >= 15 is 0 Å². The second-order valence-electron chi connectivity index (χ2n) is 5.99. The number of nitrogens with one attached hydrogen (secondary N) is 1. The molecule has 0 bridgehead atoms. The van der Waals surface area contributed by atoms with Crippen LogP contribution in [0.3, 0.4) is 0 Å². The standard InChI is InChI=1S/C14H26N2O2/c1-16-8-6-13(7-9-16)15-14(18)12-4-2-11(10-17)3-5-12/h11-13,17H,2-10H2,1H3,(H,15,18). The van der Waals surface area contributed by atoms with E-state index in [1.807, 2.05) is 0 Å². The number of piperidine rings is 1. The molecule has 2 aliphatic rings. The molecule has 0 aromatic heterocycles. The number of carbonyl (C=O) groups is 1. The lowest BCUT2D eigenvalue weighted by atomic mass is 9.82. The Kier molecular flexibility index (Phi) is 5.01. The number of nitrogens with zero attached hydrogens (tertiary/aromatic N) is 1. The highest BCUT2D eigenvalue weighted by atomic mass is 16.3. The van der Waals surface area contributed by atoms with Gasteiger partial charge in [0, 0.05) is 18.6 Å². The number of rotatable bonds is 3. The Bertz CT molecular complexity index is 267. The second-order valence-corrected chi connectivity index (χ2v) is 5.99. The lowest BCUT2D eigenvalue weighted by molar-refractivity contribution is -0.127. The van der Waals surface area contributed by atoms with Gasteiger partial charge in [-0.05, 0) is 64.6 Å². The topological polar surface area (TPSA) is 52.6 Å². The van der Waals surface area contributed by atoms with Crippen molar-refractivity contribution in [3.05, 3.63) is 0 Å². The Morgan fingerprint density at radius 2 is 1.78 bits per heavy atom. The lowest BCUT2D eigenvalue weighted by Gasteiger charge is -2.32. The molecule has 1 saturated heterocycles. The van der Waals surface area contributed by atoms with Crippen LogP contribution < -0.4 is 5.32 Å². The molecule has 0 aromatic rings. The number of hydrogen-bond donors (Lipinski definition) is 2. The minimum absolute atomic E-state index is 0.187. The summed E-state index contributed by atoms with van der Waals surface area (Å²) in [6, 6.07) is 0.379. The third kappa shape index (κ3) is 3.69. The van der Waals surface area contributed by atoms with Crippen LogP contribution in [0.25, 0.3) is 0 Å². The van der Waals surface area contributed by atoms with E-state index in [1.165, 1.54) is 0 Å². The fraction of sp³-hybridized carbons (Fsp3) is 0.929. The summed E-state index contributed by atoms with van der Waals surface area (Å²) in [7, 11) is 2.13. The van der Waals surface area contributed by atoms with Crippen molar-refractivity contribution in [3.63, 3.8) is 0 Å². The van der Waals surface area contributed by atoms with Crippen LogP contribution in [0.4, 0.5) is 0 Å². The highest BCUT2D eigenvalue weighted by Crippen LogP contribution is 2.28. The molecule has 1 saturated carbocycles. The second kappa shape index (κ2) is 6.53. The van der Waals surface area contributed by atoms with Crippen molar-refractivity contribution in [2.45, 2.75) is 44.6 Å². The van der Waals surface area contributed by atoms with Gasteiger partial charge >= 0.3 is 0 Å². The Labute approximate surface area is 110 Å². The van der Waals surface area contributed by atoms with Crippen LogP contribution in [0.5, 0.6) is 0 Å². The number of aliphatic hydroxyl groups excluding tert-OH is 1. The minimum atomic E-state index is 0.187. The molecular formula is C14H26N2O2. The van der Waals surface area contributed by atoms with E-state index in [0.29, 0.717) is 12.0 Å². The molecule has 18 heavy (non-hydrogen) atoms. The molecule has 4 nitrogen and oxygen atoms in total. The van der Waals surface area contributed by atoms with E-state index in [-0.39, 0.29) is 18.4 Å². The van der Waals surface area contributed by atoms with Crippen LogP contribution in [0.1, 0.15) is 38.5 Å². The highest BCUT2D eigenvalue weighted by Gasteiger charge is 2.27. The quantitative estimate of drug-likeness (QED) is 0.790. The molecular weight excluding hydrogens is 228 g/mol. The molecule has 1 heterocycles. The van der Waals surface area contributed by atoms with Gasteiger partial charge in [0.2, 0.25) is 5.91 Å². The summed E-state index contributed by atoms with van der Waals surface area (Å²) in [5, 5.41) is 12.3.